The van der Waals surface area contributed by atoms with Crippen molar-refractivity contribution < 1.29 is 20.1 Å². The van der Waals surface area contributed by atoms with Crippen LogP contribution in [0.1, 0.15) is 71.1 Å². The lowest BCUT2D eigenvalue weighted by Crippen LogP contribution is -2.65. The largest absolute Gasteiger partial charge is 0.394 e. The fourth-order valence-electron chi connectivity index (χ4n) is 3.18. The molecule has 6 N–H and O–H groups in total. The predicted molar refractivity (Wildman–Crippen MR) is 95.6 cm³/mol. The van der Waals surface area contributed by atoms with Gasteiger partial charge in [0, 0.05) is 0 Å². The van der Waals surface area contributed by atoms with E-state index in [2.05, 4.69) is 12.2 Å². The van der Waals surface area contributed by atoms with Crippen molar-refractivity contribution in [3.63, 3.8) is 0 Å². The maximum Gasteiger partial charge on any atom is 0.126 e. The molecule has 1 heterocycles. The van der Waals surface area contributed by atoms with Crippen molar-refractivity contribution in [2.75, 3.05) is 13.2 Å². The Kier molecular flexibility index (Phi) is 11.8. The van der Waals surface area contributed by atoms with Crippen molar-refractivity contribution in [3.05, 3.63) is 0 Å². The van der Waals surface area contributed by atoms with Gasteiger partial charge in [0.25, 0.3) is 0 Å². The van der Waals surface area contributed by atoms with E-state index in [1.807, 2.05) is 0 Å². The third-order valence-corrected chi connectivity index (χ3v) is 4.85. The third kappa shape index (κ3) is 7.76. The highest BCUT2D eigenvalue weighted by Crippen LogP contribution is 2.18. The Labute approximate surface area is 146 Å². The summed E-state index contributed by atoms with van der Waals surface area (Å²) in [5.74, 6) is 0. The molecule has 0 aliphatic carbocycles. The first kappa shape index (κ1) is 21.8. The highest BCUT2D eigenvalue weighted by atomic mass is 16.5. The maximum absolute atomic E-state index is 9.89. The molecule has 0 aromatic heterocycles. The van der Waals surface area contributed by atoms with E-state index in [0.717, 1.165) is 13.0 Å². The zero-order chi connectivity index (χ0) is 17.8. The lowest BCUT2D eigenvalue weighted by atomic mass is 9.97. The minimum Gasteiger partial charge on any atom is -0.394 e. The second-order valence-corrected chi connectivity index (χ2v) is 6.97. The van der Waals surface area contributed by atoms with E-state index in [4.69, 9.17) is 10.5 Å². The van der Waals surface area contributed by atoms with Gasteiger partial charge in [-0.1, -0.05) is 64.7 Å². The molecule has 0 bridgehead atoms. The fourth-order valence-corrected chi connectivity index (χ4v) is 3.18. The second-order valence-electron chi connectivity index (χ2n) is 6.97. The van der Waals surface area contributed by atoms with E-state index >= 15 is 0 Å². The number of aliphatic hydroxyl groups is 3. The van der Waals surface area contributed by atoms with Crippen LogP contribution in [0, 0.1) is 0 Å². The zero-order valence-corrected chi connectivity index (χ0v) is 15.2. The molecule has 0 radical (unpaired) electrons. The third-order valence-electron chi connectivity index (χ3n) is 4.85. The summed E-state index contributed by atoms with van der Waals surface area (Å²) in [5.41, 5.74) is 5.88. The molecule has 24 heavy (non-hydrogen) atoms. The molecular weight excluding hydrogens is 308 g/mol. The van der Waals surface area contributed by atoms with Crippen molar-refractivity contribution in [3.8, 4) is 0 Å². The Hall–Kier alpha value is -0.240. The molecular formula is C18H38N2O4. The van der Waals surface area contributed by atoms with Crippen LogP contribution >= 0.6 is 0 Å². The van der Waals surface area contributed by atoms with Gasteiger partial charge in [0.05, 0.1) is 12.6 Å². The monoisotopic (exact) mass is 346 g/mol. The van der Waals surface area contributed by atoms with Gasteiger partial charge in [-0.25, -0.2) is 0 Å². The molecule has 0 amide bonds. The summed E-state index contributed by atoms with van der Waals surface area (Å²) >= 11 is 0. The van der Waals surface area contributed by atoms with Crippen molar-refractivity contribution >= 4 is 0 Å². The first-order chi connectivity index (χ1) is 11.6. The van der Waals surface area contributed by atoms with Crippen LogP contribution < -0.4 is 11.1 Å². The summed E-state index contributed by atoms with van der Waals surface area (Å²) < 4.78 is 5.53. The van der Waals surface area contributed by atoms with E-state index in [0.29, 0.717) is 0 Å². The number of unbranched alkanes of at least 4 members (excludes halogenated alkanes) is 9. The van der Waals surface area contributed by atoms with Gasteiger partial charge in [0.2, 0.25) is 0 Å². The topological polar surface area (TPSA) is 108 Å². The Morgan fingerprint density at radius 1 is 0.875 bits per heavy atom. The number of hydrogen-bond acceptors (Lipinski definition) is 6. The van der Waals surface area contributed by atoms with E-state index in [1.165, 1.54) is 57.8 Å². The minimum atomic E-state index is -1.14. The first-order valence-electron chi connectivity index (χ1n) is 9.73. The quantitative estimate of drug-likeness (QED) is 0.321. The molecule has 0 spiro atoms. The normalized spacial score (nSPS) is 30.6. The van der Waals surface area contributed by atoms with Crippen LogP contribution in [0.15, 0.2) is 0 Å². The van der Waals surface area contributed by atoms with Crippen LogP contribution in [-0.2, 0) is 4.74 Å². The standard InChI is InChI=1S/C18H38N2O4/c1-2-3-4-5-6-7-8-9-10-11-12-20-18-15(19)17(23)16(22)14(13-21)24-18/h14-18,20-23H,2-13,19H2,1H3/t14-,15+,16-,17-,18-/m1/s1. The Balaban J connectivity index is 2.02. The summed E-state index contributed by atoms with van der Waals surface area (Å²) in [6.45, 7) is 2.67. The SMILES string of the molecule is CCCCCCCCCCCCN[C@@H]1O[C@H](CO)[C@@H](O)[C@H](O)[C@@H]1N. The van der Waals surface area contributed by atoms with Crippen LogP contribution in [-0.4, -0.2) is 59.1 Å². The fraction of sp³-hybridized carbons (Fsp3) is 1.00. The van der Waals surface area contributed by atoms with Gasteiger partial charge in [-0.2, -0.15) is 0 Å². The van der Waals surface area contributed by atoms with E-state index in [1.54, 1.807) is 0 Å². The number of nitrogens with one attached hydrogen (secondary N) is 1. The predicted octanol–water partition coefficient (Wildman–Crippen LogP) is 1.26. The van der Waals surface area contributed by atoms with Gasteiger partial charge in [-0.3, -0.25) is 5.32 Å². The lowest BCUT2D eigenvalue weighted by Gasteiger charge is -2.41. The number of ether oxygens (including phenoxy) is 1. The van der Waals surface area contributed by atoms with Crippen molar-refractivity contribution in [2.45, 2.75) is 102 Å². The van der Waals surface area contributed by atoms with Gasteiger partial charge < -0.3 is 25.8 Å². The zero-order valence-electron chi connectivity index (χ0n) is 15.2. The Morgan fingerprint density at radius 2 is 1.42 bits per heavy atom. The average molecular weight is 347 g/mol. The van der Waals surface area contributed by atoms with Gasteiger partial charge in [-0.05, 0) is 13.0 Å². The van der Waals surface area contributed by atoms with Crippen LogP contribution in [0.25, 0.3) is 0 Å². The van der Waals surface area contributed by atoms with Crippen molar-refractivity contribution in [1.82, 2.24) is 5.32 Å². The molecule has 6 heteroatoms. The smallest absolute Gasteiger partial charge is 0.126 e. The molecule has 0 aromatic carbocycles. The number of nitrogens with two attached hydrogens (primary N) is 1. The molecule has 1 saturated heterocycles. The van der Waals surface area contributed by atoms with Crippen LogP contribution in [0.4, 0.5) is 0 Å². The number of hydrogen-bond donors (Lipinski definition) is 5. The van der Waals surface area contributed by atoms with Crippen molar-refractivity contribution in [2.24, 2.45) is 5.73 Å². The molecule has 144 valence electrons. The molecule has 1 rings (SSSR count). The van der Waals surface area contributed by atoms with E-state index in [-0.39, 0.29) is 6.61 Å². The van der Waals surface area contributed by atoms with E-state index in [9.17, 15) is 15.3 Å². The summed E-state index contributed by atoms with van der Waals surface area (Å²) in [6.07, 6.45) is 9.29. The van der Waals surface area contributed by atoms with E-state index < -0.39 is 30.6 Å². The van der Waals surface area contributed by atoms with Crippen LogP contribution in [0.5, 0.6) is 0 Å². The number of rotatable bonds is 13. The Morgan fingerprint density at radius 3 is 1.96 bits per heavy atom. The highest BCUT2D eigenvalue weighted by molar-refractivity contribution is 4.93. The summed E-state index contributed by atoms with van der Waals surface area (Å²) in [6, 6.07) is -0.689. The molecule has 0 unspecified atom stereocenters. The molecule has 1 aliphatic rings. The van der Waals surface area contributed by atoms with Gasteiger partial charge in [0.15, 0.2) is 0 Å². The van der Waals surface area contributed by atoms with Gasteiger partial charge >= 0.3 is 0 Å². The summed E-state index contributed by atoms with van der Waals surface area (Å²) in [4.78, 5) is 0. The van der Waals surface area contributed by atoms with Crippen LogP contribution in [0.2, 0.25) is 0 Å². The molecule has 1 fully saturated rings. The minimum absolute atomic E-state index is 0.332. The van der Waals surface area contributed by atoms with Crippen molar-refractivity contribution in [1.29, 1.82) is 0 Å². The molecule has 0 aromatic rings. The van der Waals surface area contributed by atoms with Gasteiger partial charge in [-0.15, -0.1) is 0 Å². The summed E-state index contributed by atoms with van der Waals surface area (Å²) in [7, 11) is 0. The van der Waals surface area contributed by atoms with Crippen LogP contribution in [0.3, 0.4) is 0 Å². The molecule has 1 aliphatic heterocycles. The molecule has 5 atom stereocenters. The highest BCUT2D eigenvalue weighted by Gasteiger charge is 2.41. The van der Waals surface area contributed by atoms with Gasteiger partial charge in [0.1, 0.15) is 24.5 Å². The summed E-state index contributed by atoms with van der Waals surface area (Å²) in [5, 5.41) is 32.0. The molecule has 6 nitrogen and oxygen atoms in total. The maximum atomic E-state index is 9.89. The average Bonchev–Trinajstić information content (AvgIpc) is 2.59. The lowest BCUT2D eigenvalue weighted by molar-refractivity contribution is -0.196. The number of aliphatic hydroxyl groups excluding tert-OH is 3. The molecule has 0 saturated carbocycles. The second kappa shape index (κ2) is 13.0. The Bertz CT molecular complexity index is 305. The first-order valence-corrected chi connectivity index (χ1v) is 9.73.